The largest absolute Gasteiger partial charge is 0.386 e. The Bertz CT molecular complexity index is 506. The van der Waals surface area contributed by atoms with Crippen LogP contribution in [0.2, 0.25) is 0 Å². The van der Waals surface area contributed by atoms with Gasteiger partial charge >= 0.3 is 0 Å². The molecule has 0 spiro atoms. The van der Waals surface area contributed by atoms with E-state index in [0.717, 1.165) is 12.0 Å². The number of rotatable bonds is 5. The van der Waals surface area contributed by atoms with Crippen molar-refractivity contribution in [3.8, 4) is 0 Å². The molecule has 1 aliphatic rings. The number of carbonyl (C=O) groups excluding carboxylic acids is 1. The van der Waals surface area contributed by atoms with E-state index >= 15 is 0 Å². The van der Waals surface area contributed by atoms with Gasteiger partial charge in [0.25, 0.3) is 5.69 Å². The van der Waals surface area contributed by atoms with Crippen LogP contribution in [0.3, 0.4) is 0 Å². The van der Waals surface area contributed by atoms with Crippen LogP contribution in [0.1, 0.15) is 25.3 Å². The summed E-state index contributed by atoms with van der Waals surface area (Å²) in [6.45, 7) is 2.76. The number of amides is 1. The zero-order valence-corrected chi connectivity index (χ0v) is 11.4. The molecule has 0 aromatic heterocycles. The van der Waals surface area contributed by atoms with Gasteiger partial charge in [-0.2, -0.15) is 0 Å². The fourth-order valence-electron chi connectivity index (χ4n) is 2.49. The summed E-state index contributed by atoms with van der Waals surface area (Å²) >= 11 is 0. The Kier molecular flexibility index (Phi) is 4.04. The molecule has 0 aliphatic carbocycles. The minimum Gasteiger partial charge on any atom is -0.386 e. The van der Waals surface area contributed by atoms with Crippen molar-refractivity contribution in [1.82, 2.24) is 4.90 Å². The third-order valence-corrected chi connectivity index (χ3v) is 3.54. The van der Waals surface area contributed by atoms with E-state index in [1.807, 2.05) is 6.92 Å². The summed E-state index contributed by atoms with van der Waals surface area (Å²) in [5.41, 5.74) is 0.0360. The molecule has 1 N–H and O–H groups in total. The first-order valence-corrected chi connectivity index (χ1v) is 6.67. The summed E-state index contributed by atoms with van der Waals surface area (Å²) in [6.07, 6.45) is 1.80. The van der Waals surface area contributed by atoms with Gasteiger partial charge in [-0.05, 0) is 12.0 Å². The van der Waals surface area contributed by atoms with Crippen LogP contribution in [0.5, 0.6) is 0 Å². The van der Waals surface area contributed by atoms with Gasteiger partial charge in [0.15, 0.2) is 0 Å². The molecule has 0 unspecified atom stereocenters. The number of benzene rings is 1. The zero-order valence-electron chi connectivity index (χ0n) is 11.4. The Morgan fingerprint density at radius 2 is 2.00 bits per heavy atom. The Morgan fingerprint density at radius 3 is 2.50 bits per heavy atom. The highest BCUT2D eigenvalue weighted by Crippen LogP contribution is 2.26. The number of non-ortho nitro benzene ring substituents is 1. The molecule has 6 nitrogen and oxygen atoms in total. The van der Waals surface area contributed by atoms with Gasteiger partial charge in [-0.25, -0.2) is 0 Å². The molecule has 108 valence electrons. The fraction of sp³-hybridized carbons (Fsp3) is 0.500. The van der Waals surface area contributed by atoms with E-state index in [1.54, 1.807) is 17.0 Å². The molecular weight excluding hydrogens is 260 g/mol. The lowest BCUT2D eigenvalue weighted by Crippen LogP contribution is -2.63. The summed E-state index contributed by atoms with van der Waals surface area (Å²) in [5.74, 6) is -0.0559. The maximum absolute atomic E-state index is 12.0. The number of carbonyl (C=O) groups is 1. The lowest BCUT2D eigenvalue weighted by Gasteiger charge is -2.46. The van der Waals surface area contributed by atoms with Crippen LogP contribution in [-0.4, -0.2) is 39.5 Å². The molecule has 0 radical (unpaired) electrons. The van der Waals surface area contributed by atoms with Crippen LogP contribution >= 0.6 is 0 Å². The van der Waals surface area contributed by atoms with E-state index < -0.39 is 10.5 Å². The Hall–Kier alpha value is -1.95. The second-order valence-electron chi connectivity index (χ2n) is 5.32. The number of β-amino-alcohol motifs (C(OH)–C–C–N with tert-alkyl or cyclic N) is 1. The highest BCUT2D eigenvalue weighted by Gasteiger charge is 2.42. The van der Waals surface area contributed by atoms with E-state index in [1.165, 1.54) is 12.1 Å². The van der Waals surface area contributed by atoms with Crippen LogP contribution in [0.4, 0.5) is 5.69 Å². The van der Waals surface area contributed by atoms with Crippen molar-refractivity contribution in [2.75, 3.05) is 13.1 Å². The minimum absolute atomic E-state index is 0.0162. The van der Waals surface area contributed by atoms with Gasteiger partial charge in [0.05, 0.1) is 30.0 Å². The summed E-state index contributed by atoms with van der Waals surface area (Å²) < 4.78 is 0. The third kappa shape index (κ3) is 3.14. The van der Waals surface area contributed by atoms with E-state index in [-0.39, 0.29) is 18.0 Å². The second kappa shape index (κ2) is 5.58. The molecule has 1 fully saturated rings. The number of nitro groups is 1. The van der Waals surface area contributed by atoms with Crippen molar-refractivity contribution in [2.24, 2.45) is 0 Å². The normalized spacial score (nSPS) is 16.6. The van der Waals surface area contributed by atoms with Crippen molar-refractivity contribution < 1.29 is 14.8 Å². The van der Waals surface area contributed by atoms with Crippen molar-refractivity contribution in [3.05, 3.63) is 39.9 Å². The van der Waals surface area contributed by atoms with Crippen molar-refractivity contribution in [3.63, 3.8) is 0 Å². The van der Waals surface area contributed by atoms with E-state index in [2.05, 4.69) is 0 Å². The van der Waals surface area contributed by atoms with Crippen molar-refractivity contribution in [2.45, 2.75) is 31.8 Å². The molecule has 20 heavy (non-hydrogen) atoms. The van der Waals surface area contributed by atoms with Gasteiger partial charge < -0.3 is 10.0 Å². The van der Waals surface area contributed by atoms with Crippen LogP contribution in [0.15, 0.2) is 24.3 Å². The standard InChI is InChI=1S/C14H18N2O4/c1-2-7-14(18)9-15(10-14)13(17)8-11-3-5-12(6-4-11)16(19)20/h3-6,18H,2,7-10H2,1H3. The molecule has 2 rings (SSSR count). The number of nitro benzene ring substituents is 1. The van der Waals surface area contributed by atoms with E-state index in [9.17, 15) is 20.0 Å². The molecule has 1 heterocycles. The van der Waals surface area contributed by atoms with Crippen molar-refractivity contribution >= 4 is 11.6 Å². The van der Waals surface area contributed by atoms with Gasteiger partial charge in [-0.1, -0.05) is 25.5 Å². The average Bonchev–Trinajstić information content (AvgIpc) is 2.36. The van der Waals surface area contributed by atoms with Gasteiger partial charge in [0.1, 0.15) is 0 Å². The lowest BCUT2D eigenvalue weighted by atomic mass is 9.89. The Balaban J connectivity index is 1.88. The molecule has 1 amide bonds. The maximum Gasteiger partial charge on any atom is 0.269 e. The van der Waals surface area contributed by atoms with Crippen LogP contribution in [0.25, 0.3) is 0 Å². The second-order valence-corrected chi connectivity index (χ2v) is 5.32. The predicted octanol–water partition coefficient (Wildman–Crippen LogP) is 1.51. The number of nitrogens with zero attached hydrogens (tertiary/aromatic N) is 2. The number of aliphatic hydroxyl groups is 1. The van der Waals surface area contributed by atoms with Gasteiger partial charge in [-0.15, -0.1) is 0 Å². The summed E-state index contributed by atoms with van der Waals surface area (Å²) in [7, 11) is 0. The fourth-order valence-corrected chi connectivity index (χ4v) is 2.49. The molecule has 1 saturated heterocycles. The van der Waals surface area contributed by atoms with Gasteiger partial charge in [-0.3, -0.25) is 14.9 Å². The highest BCUT2D eigenvalue weighted by molar-refractivity contribution is 5.80. The lowest BCUT2D eigenvalue weighted by molar-refractivity contribution is -0.384. The summed E-state index contributed by atoms with van der Waals surface area (Å²) in [6, 6.07) is 5.97. The Morgan fingerprint density at radius 1 is 1.40 bits per heavy atom. The number of hydrogen-bond acceptors (Lipinski definition) is 4. The monoisotopic (exact) mass is 278 g/mol. The molecule has 6 heteroatoms. The predicted molar refractivity (Wildman–Crippen MR) is 73.2 cm³/mol. The van der Waals surface area contributed by atoms with Crippen LogP contribution in [0, 0.1) is 10.1 Å². The smallest absolute Gasteiger partial charge is 0.269 e. The quantitative estimate of drug-likeness (QED) is 0.653. The van der Waals surface area contributed by atoms with Crippen LogP contribution < -0.4 is 0 Å². The molecule has 1 aromatic rings. The third-order valence-electron chi connectivity index (χ3n) is 3.54. The van der Waals surface area contributed by atoms with Crippen LogP contribution in [-0.2, 0) is 11.2 Å². The van der Waals surface area contributed by atoms with Gasteiger partial charge in [0, 0.05) is 12.1 Å². The first-order chi connectivity index (χ1) is 9.43. The molecular formula is C14H18N2O4. The maximum atomic E-state index is 12.0. The highest BCUT2D eigenvalue weighted by atomic mass is 16.6. The minimum atomic E-state index is -0.722. The number of likely N-dealkylation sites (tertiary alicyclic amines) is 1. The Labute approximate surface area is 117 Å². The van der Waals surface area contributed by atoms with Gasteiger partial charge in [0.2, 0.25) is 5.91 Å². The molecule has 0 atom stereocenters. The van der Waals surface area contributed by atoms with E-state index in [4.69, 9.17) is 0 Å². The average molecular weight is 278 g/mol. The topological polar surface area (TPSA) is 83.7 Å². The zero-order chi connectivity index (χ0) is 14.8. The van der Waals surface area contributed by atoms with E-state index in [0.29, 0.717) is 19.5 Å². The SMILES string of the molecule is CCCC1(O)CN(C(=O)Cc2ccc([N+](=O)[O-])cc2)C1. The van der Waals surface area contributed by atoms with Crippen molar-refractivity contribution in [1.29, 1.82) is 0 Å². The number of hydrogen-bond donors (Lipinski definition) is 1. The summed E-state index contributed by atoms with van der Waals surface area (Å²) in [4.78, 5) is 23.7. The molecule has 1 aromatic carbocycles. The molecule has 1 aliphatic heterocycles. The first kappa shape index (κ1) is 14.5. The summed E-state index contributed by atoms with van der Waals surface area (Å²) in [5, 5.41) is 20.6. The molecule has 0 bridgehead atoms. The first-order valence-electron chi connectivity index (χ1n) is 6.67. The molecule has 0 saturated carbocycles.